The van der Waals surface area contributed by atoms with Crippen molar-refractivity contribution >= 4 is 5.69 Å². The Bertz CT molecular complexity index is 596. The van der Waals surface area contributed by atoms with E-state index in [0.717, 1.165) is 18.7 Å². The van der Waals surface area contributed by atoms with Crippen LogP contribution in [-0.2, 0) is 0 Å². The second-order valence-electron chi connectivity index (χ2n) is 5.30. The number of halogens is 1. The van der Waals surface area contributed by atoms with Crippen LogP contribution in [0.25, 0.3) is 11.5 Å². The van der Waals surface area contributed by atoms with Gasteiger partial charge in [-0.25, -0.2) is 4.39 Å². The molecular weight excluding hydrogens is 245 g/mol. The van der Waals surface area contributed by atoms with Gasteiger partial charge >= 0.3 is 0 Å². The number of nitrogen functional groups attached to an aromatic ring is 1. The van der Waals surface area contributed by atoms with Crippen molar-refractivity contribution in [3.63, 3.8) is 0 Å². The maximum absolute atomic E-state index is 13.0. The zero-order valence-corrected chi connectivity index (χ0v) is 10.8. The minimum absolute atomic E-state index is 0.315. The van der Waals surface area contributed by atoms with Gasteiger partial charge in [-0.15, -0.1) is 0 Å². The largest absolute Gasteiger partial charge is 0.398 e. The van der Waals surface area contributed by atoms with E-state index in [0.29, 0.717) is 29.0 Å². The summed E-state index contributed by atoms with van der Waals surface area (Å²) in [4.78, 5) is 4.41. The third-order valence-electron chi connectivity index (χ3n) is 3.75. The van der Waals surface area contributed by atoms with Crippen LogP contribution in [0.4, 0.5) is 10.1 Å². The summed E-state index contributed by atoms with van der Waals surface area (Å²) in [6.07, 6.45) is 3.39. The van der Waals surface area contributed by atoms with E-state index in [2.05, 4.69) is 17.1 Å². The van der Waals surface area contributed by atoms with Crippen LogP contribution in [0.1, 0.15) is 37.9 Å². The highest BCUT2D eigenvalue weighted by molar-refractivity contribution is 5.70. The quantitative estimate of drug-likeness (QED) is 0.842. The standard InChI is InChI=1S/C14H16FN3O/c1-8-2-3-9(6-8)13-17-14(19-18-13)11-5-4-10(15)7-12(11)16/h4-5,7-9H,2-3,6,16H2,1H3. The molecule has 0 aliphatic heterocycles. The highest BCUT2D eigenvalue weighted by Crippen LogP contribution is 2.37. The highest BCUT2D eigenvalue weighted by Gasteiger charge is 2.27. The monoisotopic (exact) mass is 261 g/mol. The molecule has 2 atom stereocenters. The number of aromatic nitrogens is 2. The summed E-state index contributed by atoms with van der Waals surface area (Å²) in [5.41, 5.74) is 6.67. The van der Waals surface area contributed by atoms with Crippen LogP contribution in [-0.4, -0.2) is 10.1 Å². The maximum Gasteiger partial charge on any atom is 0.260 e. The maximum atomic E-state index is 13.0. The zero-order chi connectivity index (χ0) is 13.4. The van der Waals surface area contributed by atoms with Gasteiger partial charge in [0.15, 0.2) is 5.82 Å². The van der Waals surface area contributed by atoms with Crippen LogP contribution in [0.2, 0.25) is 0 Å². The fourth-order valence-electron chi connectivity index (χ4n) is 2.68. The van der Waals surface area contributed by atoms with Crippen LogP contribution in [0.15, 0.2) is 22.7 Å². The molecule has 0 amide bonds. The number of anilines is 1. The van der Waals surface area contributed by atoms with Crippen molar-refractivity contribution in [2.45, 2.75) is 32.1 Å². The first-order valence-electron chi connectivity index (χ1n) is 6.52. The van der Waals surface area contributed by atoms with Gasteiger partial charge < -0.3 is 10.3 Å². The van der Waals surface area contributed by atoms with Gasteiger partial charge in [-0.1, -0.05) is 12.1 Å². The molecule has 1 aliphatic rings. The van der Waals surface area contributed by atoms with Crippen LogP contribution in [0.3, 0.4) is 0 Å². The summed E-state index contributed by atoms with van der Waals surface area (Å²) in [6, 6.07) is 4.17. The average molecular weight is 261 g/mol. The first kappa shape index (κ1) is 12.1. The number of rotatable bonds is 2. The summed E-state index contributed by atoms with van der Waals surface area (Å²) in [5, 5.41) is 4.04. The van der Waals surface area contributed by atoms with Gasteiger partial charge in [0.05, 0.1) is 5.56 Å². The number of hydrogen-bond donors (Lipinski definition) is 1. The van der Waals surface area contributed by atoms with E-state index in [1.807, 2.05) is 0 Å². The number of nitrogens with zero attached hydrogens (tertiary/aromatic N) is 2. The molecule has 1 fully saturated rings. The Hall–Kier alpha value is -1.91. The Morgan fingerprint density at radius 2 is 2.21 bits per heavy atom. The SMILES string of the molecule is CC1CCC(c2noc(-c3ccc(F)cc3N)n2)C1. The van der Waals surface area contributed by atoms with Gasteiger partial charge in [0.1, 0.15) is 5.82 Å². The van der Waals surface area contributed by atoms with Crippen LogP contribution < -0.4 is 5.73 Å². The lowest BCUT2D eigenvalue weighted by Crippen LogP contribution is -1.96. The fraction of sp³-hybridized carbons (Fsp3) is 0.429. The van der Waals surface area contributed by atoms with Crippen molar-refractivity contribution < 1.29 is 8.91 Å². The second-order valence-corrected chi connectivity index (χ2v) is 5.30. The van der Waals surface area contributed by atoms with Crippen molar-refractivity contribution in [1.29, 1.82) is 0 Å². The molecule has 1 heterocycles. The molecular formula is C14H16FN3O. The Balaban J connectivity index is 1.88. The lowest BCUT2D eigenvalue weighted by Gasteiger charge is -2.02. The summed E-state index contributed by atoms with van der Waals surface area (Å²) in [6.45, 7) is 2.24. The summed E-state index contributed by atoms with van der Waals surface area (Å²) >= 11 is 0. The van der Waals surface area contributed by atoms with E-state index in [1.165, 1.54) is 18.6 Å². The first-order valence-corrected chi connectivity index (χ1v) is 6.52. The Morgan fingerprint density at radius 3 is 2.89 bits per heavy atom. The number of nitrogens with two attached hydrogens (primary N) is 1. The molecule has 0 spiro atoms. The predicted molar refractivity (Wildman–Crippen MR) is 69.9 cm³/mol. The van der Waals surface area contributed by atoms with Crippen LogP contribution in [0, 0.1) is 11.7 Å². The summed E-state index contributed by atoms with van der Waals surface area (Å²) < 4.78 is 18.3. The summed E-state index contributed by atoms with van der Waals surface area (Å²) in [7, 11) is 0. The van der Waals surface area contributed by atoms with Gasteiger partial charge in [-0.2, -0.15) is 4.98 Å². The van der Waals surface area contributed by atoms with Gasteiger partial charge in [-0.05, 0) is 43.4 Å². The van der Waals surface area contributed by atoms with Crippen molar-refractivity contribution in [3.05, 3.63) is 29.8 Å². The molecule has 19 heavy (non-hydrogen) atoms. The molecule has 1 aromatic heterocycles. The Morgan fingerprint density at radius 1 is 1.37 bits per heavy atom. The van der Waals surface area contributed by atoms with Crippen molar-refractivity contribution in [1.82, 2.24) is 10.1 Å². The van der Waals surface area contributed by atoms with Crippen molar-refractivity contribution in [2.75, 3.05) is 5.73 Å². The lowest BCUT2D eigenvalue weighted by molar-refractivity contribution is 0.415. The van der Waals surface area contributed by atoms with E-state index < -0.39 is 0 Å². The highest BCUT2D eigenvalue weighted by atomic mass is 19.1. The van der Waals surface area contributed by atoms with Gasteiger partial charge in [0.25, 0.3) is 5.89 Å². The second kappa shape index (κ2) is 4.64. The van der Waals surface area contributed by atoms with E-state index in [-0.39, 0.29) is 5.82 Å². The van der Waals surface area contributed by atoms with E-state index in [4.69, 9.17) is 10.3 Å². The first-order chi connectivity index (χ1) is 9.13. The normalized spacial score (nSPS) is 22.8. The molecule has 5 heteroatoms. The van der Waals surface area contributed by atoms with Gasteiger partial charge in [-0.3, -0.25) is 0 Å². The molecule has 0 radical (unpaired) electrons. The van der Waals surface area contributed by atoms with E-state index in [1.54, 1.807) is 6.07 Å². The molecule has 1 aromatic carbocycles. The summed E-state index contributed by atoms with van der Waals surface area (Å²) in [5.74, 6) is 1.82. The minimum atomic E-state index is -0.370. The molecule has 2 N–H and O–H groups in total. The molecule has 4 nitrogen and oxygen atoms in total. The Labute approximate surface area is 110 Å². The average Bonchev–Trinajstić information content (AvgIpc) is 2.97. The van der Waals surface area contributed by atoms with Crippen molar-refractivity contribution in [3.8, 4) is 11.5 Å². The number of benzene rings is 1. The molecule has 100 valence electrons. The minimum Gasteiger partial charge on any atom is -0.398 e. The predicted octanol–water partition coefficient (Wildman–Crippen LogP) is 3.36. The van der Waals surface area contributed by atoms with Crippen LogP contribution in [0.5, 0.6) is 0 Å². The van der Waals surface area contributed by atoms with Crippen LogP contribution >= 0.6 is 0 Å². The molecule has 1 saturated carbocycles. The van der Waals surface area contributed by atoms with E-state index in [9.17, 15) is 4.39 Å². The molecule has 2 unspecified atom stereocenters. The van der Waals surface area contributed by atoms with Crippen molar-refractivity contribution in [2.24, 2.45) is 5.92 Å². The van der Waals surface area contributed by atoms with Gasteiger partial charge in [0, 0.05) is 11.6 Å². The lowest BCUT2D eigenvalue weighted by atomic mass is 10.1. The molecule has 2 aromatic rings. The van der Waals surface area contributed by atoms with E-state index >= 15 is 0 Å². The Kier molecular flexibility index (Phi) is 2.97. The molecule has 1 aliphatic carbocycles. The smallest absolute Gasteiger partial charge is 0.260 e. The molecule has 0 saturated heterocycles. The topological polar surface area (TPSA) is 64.9 Å². The zero-order valence-electron chi connectivity index (χ0n) is 10.8. The van der Waals surface area contributed by atoms with Gasteiger partial charge in [0.2, 0.25) is 0 Å². The third-order valence-corrected chi connectivity index (χ3v) is 3.75. The molecule has 0 bridgehead atoms. The third kappa shape index (κ3) is 2.32. The molecule has 3 rings (SSSR count). The fourth-order valence-corrected chi connectivity index (χ4v) is 2.68. The number of hydrogen-bond acceptors (Lipinski definition) is 4.